The van der Waals surface area contributed by atoms with Crippen LogP contribution in [0.25, 0.3) is 16.6 Å². The van der Waals surface area contributed by atoms with Gasteiger partial charge in [-0.3, -0.25) is 4.98 Å². The molecule has 0 radical (unpaired) electrons. The molecule has 0 amide bonds. The standard InChI is InChI=1S/C23H19ClN2O3S/c1-14-22(30-19-5-3-4-16(9-19)23(28)29-2)20-7-6-17(24)10-21(20)26(14)18-8-15(13-27)11-25-12-18/h3-12,27H,13H2,1-2H3. The molecule has 0 saturated carbocycles. The van der Waals surface area contributed by atoms with Gasteiger partial charge in [0.25, 0.3) is 0 Å². The lowest BCUT2D eigenvalue weighted by Crippen LogP contribution is -2.00. The van der Waals surface area contributed by atoms with Crippen LogP contribution in [0.1, 0.15) is 21.6 Å². The summed E-state index contributed by atoms with van der Waals surface area (Å²) in [6.07, 6.45) is 3.41. The predicted octanol–water partition coefficient (Wildman–Crippen LogP) is 5.42. The first-order valence-electron chi connectivity index (χ1n) is 9.23. The van der Waals surface area contributed by atoms with Crippen molar-refractivity contribution in [1.82, 2.24) is 9.55 Å². The van der Waals surface area contributed by atoms with Crippen LogP contribution >= 0.6 is 23.4 Å². The van der Waals surface area contributed by atoms with E-state index in [0.29, 0.717) is 10.6 Å². The Morgan fingerprint density at radius 2 is 2.03 bits per heavy atom. The van der Waals surface area contributed by atoms with Crippen LogP contribution in [-0.2, 0) is 11.3 Å². The van der Waals surface area contributed by atoms with Gasteiger partial charge in [0, 0.05) is 32.1 Å². The monoisotopic (exact) mass is 438 g/mol. The summed E-state index contributed by atoms with van der Waals surface area (Å²) >= 11 is 7.88. The van der Waals surface area contributed by atoms with Gasteiger partial charge >= 0.3 is 5.97 Å². The molecular formula is C23H19ClN2O3S. The highest BCUT2D eigenvalue weighted by atomic mass is 35.5. The predicted molar refractivity (Wildman–Crippen MR) is 119 cm³/mol. The number of hydrogen-bond acceptors (Lipinski definition) is 5. The Kier molecular flexibility index (Phi) is 5.81. The van der Waals surface area contributed by atoms with E-state index in [1.165, 1.54) is 7.11 Å². The maximum absolute atomic E-state index is 11.9. The van der Waals surface area contributed by atoms with Gasteiger partial charge in [-0.1, -0.05) is 35.5 Å². The molecule has 2 heterocycles. The number of rotatable bonds is 5. The summed E-state index contributed by atoms with van der Waals surface area (Å²) in [6.45, 7) is 1.95. The van der Waals surface area contributed by atoms with Crippen molar-refractivity contribution in [3.63, 3.8) is 0 Å². The van der Waals surface area contributed by atoms with Gasteiger partial charge in [0.1, 0.15) is 0 Å². The van der Waals surface area contributed by atoms with Crippen molar-refractivity contribution in [3.8, 4) is 5.69 Å². The molecule has 30 heavy (non-hydrogen) atoms. The molecule has 0 aliphatic rings. The van der Waals surface area contributed by atoms with Crippen LogP contribution < -0.4 is 0 Å². The van der Waals surface area contributed by atoms with Gasteiger partial charge in [-0.15, -0.1) is 0 Å². The lowest BCUT2D eigenvalue weighted by Gasteiger charge is -2.10. The molecule has 0 unspecified atom stereocenters. The number of methoxy groups -OCH3 is 1. The van der Waals surface area contributed by atoms with E-state index in [2.05, 4.69) is 9.55 Å². The number of halogens is 1. The van der Waals surface area contributed by atoms with Crippen LogP contribution in [0.4, 0.5) is 0 Å². The third-order valence-corrected chi connectivity index (χ3v) is 6.25. The first kappa shape index (κ1) is 20.5. The number of carbonyl (C=O) groups is 1. The maximum Gasteiger partial charge on any atom is 0.337 e. The molecule has 0 aliphatic heterocycles. The summed E-state index contributed by atoms with van der Waals surface area (Å²) in [5.41, 5.74) is 4.05. The van der Waals surface area contributed by atoms with E-state index < -0.39 is 0 Å². The number of benzene rings is 2. The Bertz CT molecular complexity index is 1250. The topological polar surface area (TPSA) is 64.4 Å². The highest BCUT2D eigenvalue weighted by molar-refractivity contribution is 7.99. The van der Waals surface area contributed by atoms with E-state index in [9.17, 15) is 9.90 Å². The molecule has 4 rings (SSSR count). The molecular weight excluding hydrogens is 420 g/mol. The van der Waals surface area contributed by atoms with Crippen LogP contribution in [0.5, 0.6) is 0 Å². The van der Waals surface area contributed by atoms with Gasteiger partial charge in [0.2, 0.25) is 0 Å². The Morgan fingerprint density at radius 1 is 1.20 bits per heavy atom. The summed E-state index contributed by atoms with van der Waals surface area (Å²) in [7, 11) is 1.37. The molecule has 4 aromatic rings. The molecule has 0 bridgehead atoms. The summed E-state index contributed by atoms with van der Waals surface area (Å²) in [4.78, 5) is 18.2. The highest BCUT2D eigenvalue weighted by Gasteiger charge is 2.18. The van der Waals surface area contributed by atoms with Crippen molar-refractivity contribution in [2.45, 2.75) is 23.3 Å². The Labute approximate surface area is 183 Å². The number of fused-ring (bicyclic) bond motifs is 1. The van der Waals surface area contributed by atoms with Crippen LogP contribution in [-0.4, -0.2) is 27.7 Å². The van der Waals surface area contributed by atoms with Gasteiger partial charge in [-0.25, -0.2) is 4.79 Å². The number of hydrogen-bond donors (Lipinski definition) is 1. The molecule has 0 aliphatic carbocycles. The number of aromatic nitrogens is 2. The van der Waals surface area contributed by atoms with E-state index in [0.717, 1.165) is 37.6 Å². The van der Waals surface area contributed by atoms with Crippen molar-refractivity contribution in [2.24, 2.45) is 0 Å². The molecule has 0 spiro atoms. The Hall–Kier alpha value is -2.80. The second kappa shape index (κ2) is 8.52. The normalized spacial score (nSPS) is 11.1. The zero-order chi connectivity index (χ0) is 21.3. The molecule has 5 nitrogen and oxygen atoms in total. The van der Waals surface area contributed by atoms with Gasteiger partial charge < -0.3 is 14.4 Å². The SMILES string of the molecule is COC(=O)c1cccc(Sc2c(C)n(-c3cncc(CO)c3)c3cc(Cl)ccc23)c1. The van der Waals surface area contributed by atoms with E-state index in [1.807, 2.05) is 49.4 Å². The molecule has 0 fully saturated rings. The summed E-state index contributed by atoms with van der Waals surface area (Å²) in [5, 5.41) is 11.2. The number of ether oxygens (including phenoxy) is 1. The zero-order valence-corrected chi connectivity index (χ0v) is 18.0. The first-order valence-corrected chi connectivity index (χ1v) is 10.4. The number of carbonyl (C=O) groups excluding carboxylic acids is 1. The first-order chi connectivity index (χ1) is 14.5. The number of aliphatic hydroxyl groups excluding tert-OH is 1. The minimum absolute atomic E-state index is 0.0816. The molecule has 0 atom stereocenters. The van der Waals surface area contributed by atoms with Crippen LogP contribution in [0, 0.1) is 6.92 Å². The van der Waals surface area contributed by atoms with Crippen molar-refractivity contribution >= 4 is 40.2 Å². The van der Waals surface area contributed by atoms with E-state index >= 15 is 0 Å². The second-order valence-electron chi connectivity index (χ2n) is 6.74. The van der Waals surface area contributed by atoms with E-state index in [-0.39, 0.29) is 12.6 Å². The molecule has 0 saturated heterocycles. The maximum atomic E-state index is 11.9. The quantitative estimate of drug-likeness (QED) is 0.421. The summed E-state index contributed by atoms with van der Waals surface area (Å²) in [5.74, 6) is -0.365. The van der Waals surface area contributed by atoms with Crippen molar-refractivity contribution in [3.05, 3.63) is 82.8 Å². The number of pyridine rings is 1. The van der Waals surface area contributed by atoms with Gasteiger partial charge in [-0.2, -0.15) is 0 Å². The molecule has 7 heteroatoms. The minimum atomic E-state index is -0.365. The Morgan fingerprint density at radius 3 is 2.80 bits per heavy atom. The second-order valence-corrected chi connectivity index (χ2v) is 8.26. The van der Waals surface area contributed by atoms with E-state index in [4.69, 9.17) is 16.3 Å². The summed E-state index contributed by atoms with van der Waals surface area (Å²) < 4.78 is 6.92. The van der Waals surface area contributed by atoms with Crippen LogP contribution in [0.15, 0.2) is 70.7 Å². The third-order valence-electron chi connectivity index (χ3n) is 4.81. The minimum Gasteiger partial charge on any atom is -0.465 e. The highest BCUT2D eigenvalue weighted by Crippen LogP contribution is 2.40. The zero-order valence-electron chi connectivity index (χ0n) is 16.4. The average Bonchev–Trinajstić information content (AvgIpc) is 3.03. The van der Waals surface area contributed by atoms with E-state index in [1.54, 1.807) is 30.2 Å². The van der Waals surface area contributed by atoms with Crippen LogP contribution in [0.3, 0.4) is 0 Å². The van der Waals surface area contributed by atoms with Crippen molar-refractivity contribution < 1.29 is 14.6 Å². The number of aliphatic hydroxyl groups is 1. The molecule has 152 valence electrons. The number of nitrogens with zero attached hydrogens (tertiary/aromatic N) is 2. The molecule has 2 aromatic heterocycles. The lowest BCUT2D eigenvalue weighted by molar-refractivity contribution is 0.0600. The molecule has 2 aromatic carbocycles. The third kappa shape index (κ3) is 3.81. The fourth-order valence-electron chi connectivity index (χ4n) is 3.43. The largest absolute Gasteiger partial charge is 0.465 e. The molecule has 1 N–H and O–H groups in total. The summed E-state index contributed by atoms with van der Waals surface area (Å²) in [6, 6.07) is 15.1. The van der Waals surface area contributed by atoms with Gasteiger partial charge in [0.05, 0.1) is 36.7 Å². The average molecular weight is 439 g/mol. The smallest absolute Gasteiger partial charge is 0.337 e. The van der Waals surface area contributed by atoms with Crippen LogP contribution in [0.2, 0.25) is 5.02 Å². The fraction of sp³-hybridized carbons (Fsp3) is 0.130. The lowest BCUT2D eigenvalue weighted by atomic mass is 10.2. The van der Waals surface area contributed by atoms with Gasteiger partial charge in [0.15, 0.2) is 0 Å². The fourth-order valence-corrected chi connectivity index (χ4v) is 4.68. The van der Waals surface area contributed by atoms with Crippen molar-refractivity contribution in [1.29, 1.82) is 0 Å². The van der Waals surface area contributed by atoms with Crippen molar-refractivity contribution in [2.75, 3.05) is 7.11 Å². The van der Waals surface area contributed by atoms with Gasteiger partial charge in [-0.05, 0) is 48.9 Å². The Balaban J connectivity index is 1.87. The number of esters is 1.